The van der Waals surface area contributed by atoms with Gasteiger partial charge in [0.05, 0.1) is 17.3 Å². The molecule has 0 radical (unpaired) electrons. The van der Waals surface area contributed by atoms with E-state index in [1.54, 1.807) is 0 Å². The first-order valence-corrected chi connectivity index (χ1v) is 6.35. The molecule has 0 amide bonds. The van der Waals surface area contributed by atoms with Gasteiger partial charge in [0, 0.05) is 0 Å². The van der Waals surface area contributed by atoms with E-state index in [0.29, 0.717) is 5.92 Å². The summed E-state index contributed by atoms with van der Waals surface area (Å²) in [7, 11) is -0.150. The molecule has 1 heterocycles. The average molecular weight is 226 g/mol. The highest BCUT2D eigenvalue weighted by Crippen LogP contribution is 2.40. The normalized spacial score (nSPS) is 36.9. The smallest absolute Gasteiger partial charge is 0.403 e. The standard InChI is InChI=1S/C12H23BO3/c1-11(2)12(3,4)16-13(15-11)8-9-6-5-7-10(9)14/h9-10,14H,5-8H2,1-4H3/t9-,10-/m1/s1. The van der Waals surface area contributed by atoms with E-state index in [2.05, 4.69) is 27.7 Å². The highest BCUT2D eigenvalue weighted by Gasteiger charge is 2.51. The van der Waals surface area contributed by atoms with E-state index >= 15 is 0 Å². The highest BCUT2D eigenvalue weighted by atomic mass is 16.7. The second-order valence-electron chi connectivity index (χ2n) is 6.18. The molecular weight excluding hydrogens is 203 g/mol. The summed E-state index contributed by atoms with van der Waals surface area (Å²) < 4.78 is 11.9. The van der Waals surface area contributed by atoms with E-state index in [1.165, 1.54) is 0 Å². The fourth-order valence-corrected chi connectivity index (χ4v) is 2.60. The molecule has 2 rings (SSSR count). The predicted molar refractivity (Wildman–Crippen MR) is 64.2 cm³/mol. The van der Waals surface area contributed by atoms with Crippen LogP contribution in [0.1, 0.15) is 47.0 Å². The van der Waals surface area contributed by atoms with Crippen molar-refractivity contribution in [3.63, 3.8) is 0 Å². The van der Waals surface area contributed by atoms with Crippen LogP contribution in [0.4, 0.5) is 0 Å². The number of aliphatic hydroxyl groups is 1. The summed E-state index contributed by atoms with van der Waals surface area (Å²) in [6, 6.07) is 0. The Hall–Kier alpha value is -0.0551. The van der Waals surface area contributed by atoms with Crippen molar-refractivity contribution in [1.82, 2.24) is 0 Å². The van der Waals surface area contributed by atoms with Crippen molar-refractivity contribution in [3.8, 4) is 0 Å². The van der Waals surface area contributed by atoms with Gasteiger partial charge < -0.3 is 14.4 Å². The van der Waals surface area contributed by atoms with Crippen molar-refractivity contribution in [2.45, 2.75) is 70.6 Å². The van der Waals surface area contributed by atoms with Gasteiger partial charge in [-0.25, -0.2) is 0 Å². The van der Waals surface area contributed by atoms with Crippen LogP contribution in [-0.4, -0.2) is 29.5 Å². The van der Waals surface area contributed by atoms with Gasteiger partial charge in [-0.1, -0.05) is 6.42 Å². The quantitative estimate of drug-likeness (QED) is 0.734. The largest absolute Gasteiger partial charge is 0.458 e. The van der Waals surface area contributed by atoms with Crippen LogP contribution >= 0.6 is 0 Å². The van der Waals surface area contributed by atoms with Crippen molar-refractivity contribution in [2.75, 3.05) is 0 Å². The molecule has 1 aliphatic carbocycles. The third-order valence-electron chi connectivity index (χ3n) is 4.42. The predicted octanol–water partition coefficient (Wildman–Crippen LogP) is 2.24. The minimum absolute atomic E-state index is 0.150. The van der Waals surface area contributed by atoms with E-state index < -0.39 is 0 Å². The van der Waals surface area contributed by atoms with Crippen LogP contribution in [0.3, 0.4) is 0 Å². The van der Waals surface area contributed by atoms with Gasteiger partial charge in [-0.05, 0) is 52.8 Å². The average Bonchev–Trinajstić information content (AvgIpc) is 2.57. The number of hydrogen-bond acceptors (Lipinski definition) is 3. The van der Waals surface area contributed by atoms with Crippen LogP contribution < -0.4 is 0 Å². The van der Waals surface area contributed by atoms with E-state index in [-0.39, 0.29) is 24.4 Å². The Balaban J connectivity index is 1.94. The van der Waals surface area contributed by atoms with Crippen LogP contribution in [0.25, 0.3) is 0 Å². The molecule has 0 unspecified atom stereocenters. The molecule has 0 aromatic rings. The molecule has 3 nitrogen and oxygen atoms in total. The topological polar surface area (TPSA) is 38.7 Å². The van der Waals surface area contributed by atoms with Crippen molar-refractivity contribution in [2.24, 2.45) is 5.92 Å². The Morgan fingerprint density at radius 1 is 1.12 bits per heavy atom. The summed E-state index contributed by atoms with van der Waals surface area (Å²) in [5, 5.41) is 9.80. The highest BCUT2D eigenvalue weighted by molar-refractivity contribution is 6.45. The van der Waals surface area contributed by atoms with Crippen LogP contribution in [0.5, 0.6) is 0 Å². The van der Waals surface area contributed by atoms with Gasteiger partial charge in [0.1, 0.15) is 0 Å². The molecule has 2 aliphatic rings. The maximum Gasteiger partial charge on any atom is 0.458 e. The lowest BCUT2D eigenvalue weighted by Crippen LogP contribution is -2.41. The van der Waals surface area contributed by atoms with E-state index in [4.69, 9.17) is 9.31 Å². The minimum Gasteiger partial charge on any atom is -0.403 e. The summed E-state index contributed by atoms with van der Waals surface area (Å²) in [5.41, 5.74) is -0.498. The SMILES string of the molecule is CC1(C)OB(C[C@H]2CCC[C@H]2O)OC1(C)C. The molecule has 1 N–H and O–H groups in total. The van der Waals surface area contributed by atoms with Crippen molar-refractivity contribution in [3.05, 3.63) is 0 Å². The molecule has 0 aromatic heterocycles. The first-order valence-electron chi connectivity index (χ1n) is 6.35. The third kappa shape index (κ3) is 2.15. The van der Waals surface area contributed by atoms with E-state index in [1.807, 2.05) is 0 Å². The van der Waals surface area contributed by atoms with Crippen LogP contribution in [0.15, 0.2) is 0 Å². The Labute approximate surface area is 98.7 Å². The zero-order chi connectivity index (χ0) is 12.0. The summed E-state index contributed by atoms with van der Waals surface area (Å²) in [4.78, 5) is 0. The fourth-order valence-electron chi connectivity index (χ4n) is 2.60. The fraction of sp³-hybridized carbons (Fsp3) is 1.00. The summed E-state index contributed by atoms with van der Waals surface area (Å²) in [6.07, 6.45) is 3.84. The molecule has 16 heavy (non-hydrogen) atoms. The molecule has 1 aliphatic heterocycles. The zero-order valence-electron chi connectivity index (χ0n) is 10.8. The van der Waals surface area contributed by atoms with Gasteiger partial charge >= 0.3 is 7.12 Å². The van der Waals surface area contributed by atoms with Gasteiger partial charge in [0.15, 0.2) is 0 Å². The van der Waals surface area contributed by atoms with E-state index in [0.717, 1.165) is 25.6 Å². The Morgan fingerprint density at radius 3 is 2.12 bits per heavy atom. The Kier molecular flexibility index (Phi) is 3.10. The summed E-state index contributed by atoms with van der Waals surface area (Å²) in [5.74, 6) is 0.356. The molecule has 4 heteroatoms. The summed E-state index contributed by atoms with van der Waals surface area (Å²) in [6.45, 7) is 8.27. The van der Waals surface area contributed by atoms with Crippen molar-refractivity contribution >= 4 is 7.12 Å². The van der Waals surface area contributed by atoms with E-state index in [9.17, 15) is 5.11 Å². The zero-order valence-corrected chi connectivity index (χ0v) is 10.8. The molecule has 92 valence electrons. The molecule has 2 atom stereocenters. The first kappa shape index (κ1) is 12.4. The maximum atomic E-state index is 9.80. The van der Waals surface area contributed by atoms with Gasteiger partial charge in [0.25, 0.3) is 0 Å². The Morgan fingerprint density at radius 2 is 1.69 bits per heavy atom. The lowest BCUT2D eigenvalue weighted by Gasteiger charge is -2.32. The Bertz CT molecular complexity index is 249. The molecule has 0 aromatic carbocycles. The molecule has 1 saturated heterocycles. The number of hydrogen-bond donors (Lipinski definition) is 1. The van der Waals surface area contributed by atoms with Gasteiger partial charge in [-0.3, -0.25) is 0 Å². The number of rotatable bonds is 2. The second kappa shape index (κ2) is 4.00. The monoisotopic (exact) mass is 226 g/mol. The minimum atomic E-state index is -0.249. The maximum absolute atomic E-state index is 9.80. The summed E-state index contributed by atoms with van der Waals surface area (Å²) >= 11 is 0. The molecule has 2 fully saturated rings. The molecule has 1 saturated carbocycles. The molecular formula is C12H23BO3. The third-order valence-corrected chi connectivity index (χ3v) is 4.42. The van der Waals surface area contributed by atoms with Gasteiger partial charge in [0.2, 0.25) is 0 Å². The second-order valence-corrected chi connectivity index (χ2v) is 6.18. The van der Waals surface area contributed by atoms with Crippen molar-refractivity contribution < 1.29 is 14.4 Å². The molecule has 0 bridgehead atoms. The lowest BCUT2D eigenvalue weighted by molar-refractivity contribution is 0.00578. The van der Waals surface area contributed by atoms with Crippen LogP contribution in [-0.2, 0) is 9.31 Å². The lowest BCUT2D eigenvalue weighted by atomic mass is 9.76. The van der Waals surface area contributed by atoms with Crippen LogP contribution in [0.2, 0.25) is 6.32 Å². The van der Waals surface area contributed by atoms with Crippen LogP contribution in [0, 0.1) is 5.92 Å². The van der Waals surface area contributed by atoms with Gasteiger partial charge in [-0.15, -0.1) is 0 Å². The number of aliphatic hydroxyl groups excluding tert-OH is 1. The first-order chi connectivity index (χ1) is 7.32. The van der Waals surface area contributed by atoms with Crippen molar-refractivity contribution in [1.29, 1.82) is 0 Å². The van der Waals surface area contributed by atoms with Gasteiger partial charge in [-0.2, -0.15) is 0 Å². The molecule has 0 spiro atoms.